The lowest BCUT2D eigenvalue weighted by molar-refractivity contribution is -0.127. The second kappa shape index (κ2) is 3.32. The largest absolute Gasteiger partial charge is 0.393 e. The molecule has 0 N–H and O–H groups in total. The molecule has 0 saturated carbocycles. The van der Waals surface area contributed by atoms with Crippen LogP contribution in [0.4, 0.5) is 22.0 Å². The molecule has 13 heavy (non-hydrogen) atoms. The van der Waals surface area contributed by atoms with E-state index in [1.807, 2.05) is 0 Å². The molecule has 1 aromatic rings. The molecular weight excluding hydrogens is 191 g/mol. The van der Waals surface area contributed by atoms with Crippen molar-refractivity contribution in [3.05, 3.63) is 35.4 Å². The van der Waals surface area contributed by atoms with Gasteiger partial charge < -0.3 is 0 Å². The summed E-state index contributed by atoms with van der Waals surface area (Å²) in [6.07, 6.45) is -5.64. The zero-order chi connectivity index (χ0) is 10.1. The van der Waals surface area contributed by atoms with Gasteiger partial charge in [0.1, 0.15) is 0 Å². The van der Waals surface area contributed by atoms with Crippen LogP contribution in [-0.2, 0) is 6.42 Å². The fourth-order valence-electron chi connectivity index (χ4n) is 0.881. The van der Waals surface area contributed by atoms with Gasteiger partial charge in [-0.1, -0.05) is 6.07 Å². The second-order valence-corrected chi connectivity index (χ2v) is 2.54. The van der Waals surface area contributed by atoms with Gasteiger partial charge in [-0.3, -0.25) is 0 Å². The first-order valence-electron chi connectivity index (χ1n) is 3.39. The van der Waals surface area contributed by atoms with Crippen LogP contribution in [0.5, 0.6) is 0 Å². The van der Waals surface area contributed by atoms with Crippen molar-refractivity contribution in [2.45, 2.75) is 12.6 Å². The van der Waals surface area contributed by atoms with Crippen LogP contribution in [0.2, 0.25) is 0 Å². The van der Waals surface area contributed by atoms with E-state index in [1.165, 1.54) is 0 Å². The highest BCUT2D eigenvalue weighted by atomic mass is 19.4. The van der Waals surface area contributed by atoms with Crippen LogP contribution in [-0.4, -0.2) is 6.18 Å². The summed E-state index contributed by atoms with van der Waals surface area (Å²) in [6.45, 7) is 0. The quantitative estimate of drug-likeness (QED) is 0.605. The average Bonchev–Trinajstić information content (AvgIpc) is 1.94. The Morgan fingerprint density at radius 2 is 1.62 bits per heavy atom. The first kappa shape index (κ1) is 9.95. The highest BCUT2D eigenvalue weighted by Gasteiger charge is 2.27. The van der Waals surface area contributed by atoms with Crippen LogP contribution in [0.3, 0.4) is 0 Å². The summed E-state index contributed by atoms with van der Waals surface area (Å²) in [5, 5.41) is 0. The van der Waals surface area contributed by atoms with Gasteiger partial charge in [-0.25, -0.2) is 8.78 Å². The number of alkyl halides is 3. The molecule has 1 aromatic carbocycles. The van der Waals surface area contributed by atoms with Gasteiger partial charge in [-0.15, -0.1) is 0 Å². The van der Waals surface area contributed by atoms with Crippen molar-refractivity contribution in [3.63, 3.8) is 0 Å². The van der Waals surface area contributed by atoms with Crippen molar-refractivity contribution in [1.29, 1.82) is 0 Å². The SMILES string of the molecule is Fc1ccc(CC(F)(F)F)cc1F. The highest BCUT2D eigenvalue weighted by molar-refractivity contribution is 5.18. The topological polar surface area (TPSA) is 0 Å². The van der Waals surface area contributed by atoms with E-state index < -0.39 is 24.2 Å². The Hall–Kier alpha value is -1.13. The Bertz CT molecular complexity index is 302. The molecule has 0 aliphatic heterocycles. The molecule has 0 amide bonds. The van der Waals surface area contributed by atoms with Crippen LogP contribution in [0.1, 0.15) is 5.56 Å². The normalized spacial score (nSPS) is 11.8. The Balaban J connectivity index is 2.86. The molecule has 0 atom stereocenters. The van der Waals surface area contributed by atoms with Gasteiger partial charge in [-0.2, -0.15) is 13.2 Å². The molecule has 72 valence electrons. The van der Waals surface area contributed by atoms with Gasteiger partial charge in [-0.05, 0) is 17.7 Å². The maximum atomic E-state index is 12.4. The van der Waals surface area contributed by atoms with Crippen molar-refractivity contribution in [3.8, 4) is 0 Å². The first-order valence-corrected chi connectivity index (χ1v) is 3.39. The lowest BCUT2D eigenvalue weighted by atomic mass is 10.1. The lowest BCUT2D eigenvalue weighted by Gasteiger charge is -2.05. The molecule has 0 aliphatic carbocycles. The molecule has 0 spiro atoms. The molecular formula is C8H5F5. The summed E-state index contributed by atoms with van der Waals surface area (Å²) in [5.74, 6) is -2.41. The van der Waals surface area contributed by atoms with Gasteiger partial charge in [0.2, 0.25) is 0 Å². The molecule has 0 aromatic heterocycles. The van der Waals surface area contributed by atoms with Gasteiger partial charge in [0.25, 0.3) is 0 Å². The van der Waals surface area contributed by atoms with Gasteiger partial charge in [0, 0.05) is 0 Å². The Labute approximate surface area is 71.0 Å². The highest BCUT2D eigenvalue weighted by Crippen LogP contribution is 2.22. The molecule has 5 heteroatoms. The number of rotatable bonds is 1. The summed E-state index contributed by atoms with van der Waals surface area (Å²) in [4.78, 5) is 0. The summed E-state index contributed by atoms with van der Waals surface area (Å²) < 4.78 is 60.0. The van der Waals surface area contributed by atoms with E-state index in [4.69, 9.17) is 0 Å². The summed E-state index contributed by atoms with van der Waals surface area (Å²) in [5.41, 5.74) is -0.286. The number of hydrogen-bond acceptors (Lipinski definition) is 0. The number of halogens is 5. The molecule has 0 saturated heterocycles. The van der Waals surface area contributed by atoms with Gasteiger partial charge >= 0.3 is 6.18 Å². The van der Waals surface area contributed by atoms with E-state index in [9.17, 15) is 22.0 Å². The van der Waals surface area contributed by atoms with Gasteiger partial charge in [0.15, 0.2) is 11.6 Å². The van der Waals surface area contributed by atoms with Crippen molar-refractivity contribution in [2.24, 2.45) is 0 Å². The fraction of sp³-hybridized carbons (Fsp3) is 0.250. The molecule has 0 fully saturated rings. The van der Waals surface area contributed by atoms with Crippen molar-refractivity contribution in [1.82, 2.24) is 0 Å². The number of benzene rings is 1. The minimum absolute atomic E-state index is 0.286. The van der Waals surface area contributed by atoms with E-state index in [0.717, 1.165) is 6.07 Å². The molecule has 0 heterocycles. The molecule has 0 nitrogen and oxygen atoms in total. The van der Waals surface area contributed by atoms with Crippen LogP contribution in [0, 0.1) is 11.6 Å². The zero-order valence-electron chi connectivity index (χ0n) is 6.33. The first-order chi connectivity index (χ1) is 5.88. The average molecular weight is 196 g/mol. The third-order valence-electron chi connectivity index (χ3n) is 1.39. The van der Waals surface area contributed by atoms with Crippen molar-refractivity contribution in [2.75, 3.05) is 0 Å². The van der Waals surface area contributed by atoms with E-state index in [0.29, 0.717) is 12.1 Å². The predicted molar refractivity (Wildman–Crippen MR) is 36.1 cm³/mol. The number of hydrogen-bond donors (Lipinski definition) is 0. The maximum Gasteiger partial charge on any atom is 0.393 e. The standard InChI is InChI=1S/C8H5F5/c9-6-2-1-5(3-7(6)10)4-8(11,12)13/h1-3H,4H2. The van der Waals surface area contributed by atoms with Crippen LogP contribution < -0.4 is 0 Å². The summed E-state index contributed by atoms with van der Waals surface area (Å²) in [6, 6.07) is 2.13. The van der Waals surface area contributed by atoms with Crippen LogP contribution in [0.25, 0.3) is 0 Å². The molecule has 0 unspecified atom stereocenters. The minimum atomic E-state index is -4.40. The van der Waals surface area contributed by atoms with E-state index >= 15 is 0 Å². The summed E-state index contributed by atoms with van der Waals surface area (Å²) in [7, 11) is 0. The summed E-state index contributed by atoms with van der Waals surface area (Å²) >= 11 is 0. The van der Waals surface area contributed by atoms with Crippen LogP contribution >= 0.6 is 0 Å². The Morgan fingerprint density at radius 1 is 1.00 bits per heavy atom. The molecule has 1 rings (SSSR count). The molecule has 0 bridgehead atoms. The maximum absolute atomic E-state index is 12.4. The van der Waals surface area contributed by atoms with E-state index in [1.54, 1.807) is 0 Å². The molecule has 0 aliphatic rings. The minimum Gasteiger partial charge on any atom is -0.204 e. The van der Waals surface area contributed by atoms with Crippen LogP contribution in [0.15, 0.2) is 18.2 Å². The predicted octanol–water partition coefficient (Wildman–Crippen LogP) is 3.07. The Kier molecular flexibility index (Phi) is 2.54. The smallest absolute Gasteiger partial charge is 0.204 e. The van der Waals surface area contributed by atoms with Gasteiger partial charge in [0.05, 0.1) is 6.42 Å². The Morgan fingerprint density at radius 3 is 2.08 bits per heavy atom. The lowest BCUT2D eigenvalue weighted by Crippen LogP contribution is -2.11. The second-order valence-electron chi connectivity index (χ2n) is 2.54. The van der Waals surface area contributed by atoms with E-state index in [2.05, 4.69) is 0 Å². The van der Waals surface area contributed by atoms with E-state index in [-0.39, 0.29) is 5.56 Å². The van der Waals surface area contributed by atoms with Crippen molar-refractivity contribution >= 4 is 0 Å². The van der Waals surface area contributed by atoms with Crippen molar-refractivity contribution < 1.29 is 22.0 Å². The third-order valence-corrected chi connectivity index (χ3v) is 1.39. The molecule has 0 radical (unpaired) electrons. The monoisotopic (exact) mass is 196 g/mol. The third kappa shape index (κ3) is 3.01. The fourth-order valence-corrected chi connectivity index (χ4v) is 0.881. The zero-order valence-corrected chi connectivity index (χ0v) is 6.33.